The summed E-state index contributed by atoms with van der Waals surface area (Å²) in [6, 6.07) is 3.42. The van der Waals surface area contributed by atoms with E-state index in [9.17, 15) is 13.2 Å². The predicted molar refractivity (Wildman–Crippen MR) is 44.9 cm³/mol. The zero-order valence-electron chi connectivity index (χ0n) is 6.92. The van der Waals surface area contributed by atoms with Crippen molar-refractivity contribution in [2.75, 3.05) is 0 Å². The number of hydrogen-bond donors (Lipinski definition) is 2. The Hall–Kier alpha value is -1.65. The van der Waals surface area contributed by atoms with E-state index < -0.39 is 11.9 Å². The van der Waals surface area contributed by atoms with Gasteiger partial charge in [-0.2, -0.15) is 13.2 Å². The lowest BCUT2D eigenvalue weighted by Gasteiger charge is -2.00. The van der Waals surface area contributed by atoms with Gasteiger partial charge in [-0.1, -0.05) is 6.07 Å². The first kappa shape index (κ1) is 10.4. The molecule has 0 fully saturated rings. The Morgan fingerprint density at radius 2 is 1.71 bits per heavy atom. The number of halogens is 3. The van der Waals surface area contributed by atoms with Crippen LogP contribution in [0.3, 0.4) is 0 Å². The van der Waals surface area contributed by atoms with Gasteiger partial charge >= 0.3 is 6.18 Å². The fourth-order valence-corrected chi connectivity index (χ4v) is 0.835. The van der Waals surface area contributed by atoms with Crippen LogP contribution in [0.4, 0.5) is 13.2 Å². The molecule has 0 aromatic heterocycles. The SMILES string of the molecule is Oc1ccc(/C=C\C(F)(F)F)cc1O. The van der Waals surface area contributed by atoms with Crippen LogP contribution in [0.5, 0.6) is 11.5 Å². The maximum atomic E-state index is 11.7. The maximum Gasteiger partial charge on any atom is 0.409 e. The van der Waals surface area contributed by atoms with E-state index in [0.717, 1.165) is 18.2 Å². The van der Waals surface area contributed by atoms with Gasteiger partial charge in [0.15, 0.2) is 11.5 Å². The third-order valence-electron chi connectivity index (χ3n) is 1.46. The normalized spacial score (nSPS) is 12.2. The maximum absolute atomic E-state index is 11.7. The molecule has 2 nitrogen and oxygen atoms in total. The first-order valence-electron chi connectivity index (χ1n) is 3.66. The highest BCUT2D eigenvalue weighted by molar-refractivity contribution is 5.55. The predicted octanol–water partition coefficient (Wildman–Crippen LogP) is 2.67. The Morgan fingerprint density at radius 3 is 2.21 bits per heavy atom. The van der Waals surface area contributed by atoms with Gasteiger partial charge in [0.1, 0.15) is 0 Å². The molecule has 0 saturated heterocycles. The summed E-state index contributed by atoms with van der Waals surface area (Å²) in [6.07, 6.45) is -3.52. The molecule has 1 aromatic carbocycles. The Morgan fingerprint density at radius 1 is 1.07 bits per heavy atom. The number of phenolic OH excluding ortho intramolecular Hbond substituents is 2. The molecule has 0 aliphatic carbocycles. The highest BCUT2D eigenvalue weighted by atomic mass is 19.4. The van der Waals surface area contributed by atoms with Crippen LogP contribution in [0, 0.1) is 0 Å². The van der Waals surface area contributed by atoms with E-state index in [-0.39, 0.29) is 17.4 Å². The minimum Gasteiger partial charge on any atom is -0.504 e. The van der Waals surface area contributed by atoms with Crippen LogP contribution in [0.1, 0.15) is 5.56 Å². The standard InChI is InChI=1S/C9H7F3O2/c10-9(11,12)4-3-6-1-2-7(13)8(14)5-6/h1-5,13-14H/b4-3-. The van der Waals surface area contributed by atoms with Gasteiger partial charge in [0, 0.05) is 6.08 Å². The van der Waals surface area contributed by atoms with Crippen molar-refractivity contribution in [1.82, 2.24) is 0 Å². The molecule has 1 aromatic rings. The van der Waals surface area contributed by atoms with Gasteiger partial charge in [-0.25, -0.2) is 0 Å². The summed E-state index contributed by atoms with van der Waals surface area (Å²) in [7, 11) is 0. The second-order valence-corrected chi connectivity index (χ2v) is 2.62. The van der Waals surface area contributed by atoms with Gasteiger partial charge in [-0.3, -0.25) is 0 Å². The van der Waals surface area contributed by atoms with Crippen LogP contribution in [0.25, 0.3) is 6.08 Å². The minimum absolute atomic E-state index is 0.0544. The average Bonchev–Trinajstić information content (AvgIpc) is 2.06. The van der Waals surface area contributed by atoms with Crippen molar-refractivity contribution in [2.45, 2.75) is 6.18 Å². The third-order valence-corrected chi connectivity index (χ3v) is 1.46. The minimum atomic E-state index is -4.38. The molecule has 1 rings (SSSR count). The first-order valence-corrected chi connectivity index (χ1v) is 3.66. The topological polar surface area (TPSA) is 40.5 Å². The molecule has 0 amide bonds. The lowest BCUT2D eigenvalue weighted by Crippen LogP contribution is -1.99. The quantitative estimate of drug-likeness (QED) is 0.690. The van der Waals surface area contributed by atoms with Gasteiger partial charge in [0.25, 0.3) is 0 Å². The van der Waals surface area contributed by atoms with Crippen LogP contribution in [0.15, 0.2) is 24.3 Å². The van der Waals surface area contributed by atoms with E-state index in [1.54, 1.807) is 0 Å². The van der Waals surface area contributed by atoms with Gasteiger partial charge in [0.2, 0.25) is 0 Å². The Bertz CT molecular complexity index is 356. The van der Waals surface area contributed by atoms with Gasteiger partial charge in [-0.05, 0) is 23.8 Å². The highest BCUT2D eigenvalue weighted by Crippen LogP contribution is 2.26. The van der Waals surface area contributed by atoms with Gasteiger partial charge < -0.3 is 10.2 Å². The number of aromatic hydroxyl groups is 2. The highest BCUT2D eigenvalue weighted by Gasteiger charge is 2.21. The van der Waals surface area contributed by atoms with Crippen molar-refractivity contribution in [3.05, 3.63) is 29.8 Å². The molecule has 0 aliphatic heterocycles. The van der Waals surface area contributed by atoms with Crippen LogP contribution in [-0.2, 0) is 0 Å². The lowest BCUT2D eigenvalue weighted by molar-refractivity contribution is -0.0790. The monoisotopic (exact) mass is 204 g/mol. The van der Waals surface area contributed by atoms with Crippen molar-refractivity contribution < 1.29 is 23.4 Å². The first-order chi connectivity index (χ1) is 6.38. The zero-order chi connectivity index (χ0) is 10.8. The average molecular weight is 204 g/mol. The summed E-state index contributed by atoms with van der Waals surface area (Å²) >= 11 is 0. The van der Waals surface area contributed by atoms with Gasteiger partial charge in [-0.15, -0.1) is 0 Å². The molecule has 0 heterocycles. The fourth-order valence-electron chi connectivity index (χ4n) is 0.835. The second-order valence-electron chi connectivity index (χ2n) is 2.62. The molecule has 0 radical (unpaired) electrons. The van der Waals surface area contributed by atoms with Crippen molar-refractivity contribution >= 4 is 6.08 Å². The molecule has 0 saturated carbocycles. The molecule has 0 unspecified atom stereocenters. The molecule has 76 valence electrons. The lowest BCUT2D eigenvalue weighted by atomic mass is 10.2. The summed E-state index contributed by atoms with van der Waals surface area (Å²) in [5, 5.41) is 17.8. The molecule has 14 heavy (non-hydrogen) atoms. The molecule has 5 heteroatoms. The number of hydrogen-bond acceptors (Lipinski definition) is 2. The van der Waals surface area contributed by atoms with Crippen molar-refractivity contribution in [3.63, 3.8) is 0 Å². The van der Waals surface area contributed by atoms with E-state index in [1.165, 1.54) is 6.07 Å². The smallest absolute Gasteiger partial charge is 0.409 e. The number of phenols is 2. The summed E-state index contributed by atoms with van der Waals surface area (Å²) in [4.78, 5) is 0. The van der Waals surface area contributed by atoms with E-state index in [1.807, 2.05) is 0 Å². The van der Waals surface area contributed by atoms with Crippen LogP contribution in [-0.4, -0.2) is 16.4 Å². The van der Waals surface area contributed by atoms with Crippen LogP contribution in [0.2, 0.25) is 0 Å². The van der Waals surface area contributed by atoms with E-state index in [4.69, 9.17) is 10.2 Å². The summed E-state index contributed by atoms with van der Waals surface area (Å²) < 4.78 is 35.2. The van der Waals surface area contributed by atoms with Crippen molar-refractivity contribution in [3.8, 4) is 11.5 Å². The molecular weight excluding hydrogens is 197 g/mol. The van der Waals surface area contributed by atoms with Crippen molar-refractivity contribution in [2.24, 2.45) is 0 Å². The molecule has 0 atom stereocenters. The molecule has 0 bridgehead atoms. The van der Waals surface area contributed by atoms with E-state index >= 15 is 0 Å². The van der Waals surface area contributed by atoms with Crippen molar-refractivity contribution in [1.29, 1.82) is 0 Å². The van der Waals surface area contributed by atoms with Crippen LogP contribution < -0.4 is 0 Å². The zero-order valence-corrected chi connectivity index (χ0v) is 6.92. The van der Waals surface area contributed by atoms with Crippen LogP contribution >= 0.6 is 0 Å². The Balaban J connectivity index is 2.89. The summed E-state index contributed by atoms with van der Waals surface area (Å²) in [5.74, 6) is -0.816. The second kappa shape index (κ2) is 3.61. The van der Waals surface area contributed by atoms with E-state index in [2.05, 4.69) is 0 Å². The number of rotatable bonds is 1. The Labute approximate surface area is 77.9 Å². The number of alkyl halides is 3. The molecule has 0 spiro atoms. The van der Waals surface area contributed by atoms with E-state index in [0.29, 0.717) is 0 Å². The molecular formula is C9H7F3O2. The summed E-state index contributed by atoms with van der Waals surface area (Å²) in [5.41, 5.74) is 0.164. The molecule has 0 aliphatic rings. The number of benzene rings is 1. The third kappa shape index (κ3) is 3.01. The number of allylic oxidation sites excluding steroid dienone is 1. The van der Waals surface area contributed by atoms with Gasteiger partial charge in [0.05, 0.1) is 0 Å². The Kier molecular flexibility index (Phi) is 2.69. The molecule has 2 N–H and O–H groups in total. The fraction of sp³-hybridized carbons (Fsp3) is 0.111. The largest absolute Gasteiger partial charge is 0.504 e. The summed E-state index contributed by atoms with van der Waals surface area (Å²) in [6.45, 7) is 0.